The lowest BCUT2D eigenvalue weighted by molar-refractivity contribution is -0.125. The number of carbonyl (C=O) groups excluding carboxylic acids is 1. The number of thiazole rings is 1. The van der Waals surface area contributed by atoms with Gasteiger partial charge in [-0.3, -0.25) is 4.79 Å². The third-order valence-corrected chi connectivity index (χ3v) is 6.17. The number of hydrogen-bond donors (Lipinski definition) is 2. The maximum absolute atomic E-state index is 11.9. The number of carbonyl (C=O) groups is 1. The number of fused-ring (bicyclic) bond motifs is 1. The van der Waals surface area contributed by atoms with Gasteiger partial charge in [0.05, 0.1) is 17.3 Å². The van der Waals surface area contributed by atoms with Crippen molar-refractivity contribution in [1.82, 2.24) is 19.8 Å². The number of methoxy groups -OCH3 is 1. The van der Waals surface area contributed by atoms with Crippen molar-refractivity contribution in [2.24, 2.45) is 0 Å². The van der Waals surface area contributed by atoms with Crippen LogP contribution in [0.25, 0.3) is 10.2 Å². The van der Waals surface area contributed by atoms with E-state index in [4.69, 9.17) is 9.72 Å². The normalized spacial score (nSPS) is 15.9. The summed E-state index contributed by atoms with van der Waals surface area (Å²) in [7, 11) is 5.74. The molecule has 3 heterocycles. The zero-order chi connectivity index (χ0) is 22.7. The minimum Gasteiger partial charge on any atom is -0.497 e. The van der Waals surface area contributed by atoms with E-state index >= 15 is 0 Å². The van der Waals surface area contributed by atoms with Crippen molar-refractivity contribution in [3.8, 4) is 5.75 Å². The summed E-state index contributed by atoms with van der Waals surface area (Å²) in [5, 5.41) is 7.64. The smallest absolute Gasteiger partial charge is 0.246 e. The highest BCUT2D eigenvalue weighted by Gasteiger charge is 2.25. The third kappa shape index (κ3) is 5.17. The summed E-state index contributed by atoms with van der Waals surface area (Å²) < 4.78 is 6.36. The molecule has 1 aliphatic heterocycles. The van der Waals surface area contributed by atoms with Crippen LogP contribution in [0.2, 0.25) is 0 Å². The molecule has 0 radical (unpaired) electrons. The standard InChI is InChI=1S/C23H28N6O2S/c1-5-22(30)29-9-8-16(14-29)24-20-10-15(13-28(2)3)11-21(26-20)27-23-25-18-7-6-17(31-4)12-19(18)32-23/h5-7,10-12,16H,1,8-9,13-14H2,2-4H3,(H2,24,25,26,27). The highest BCUT2D eigenvalue weighted by molar-refractivity contribution is 7.22. The summed E-state index contributed by atoms with van der Waals surface area (Å²) in [6.45, 7) is 5.74. The highest BCUT2D eigenvalue weighted by atomic mass is 32.1. The van der Waals surface area contributed by atoms with Crippen molar-refractivity contribution in [2.45, 2.75) is 19.0 Å². The maximum atomic E-state index is 11.9. The van der Waals surface area contributed by atoms with Gasteiger partial charge < -0.3 is 25.2 Å². The molecule has 0 spiro atoms. The molecular formula is C23H28N6O2S. The number of rotatable bonds is 8. The minimum absolute atomic E-state index is 0.0292. The fraction of sp³-hybridized carbons (Fsp3) is 0.348. The molecule has 9 heteroatoms. The van der Waals surface area contributed by atoms with E-state index in [0.717, 1.165) is 57.8 Å². The van der Waals surface area contributed by atoms with E-state index < -0.39 is 0 Å². The van der Waals surface area contributed by atoms with Gasteiger partial charge in [0, 0.05) is 25.7 Å². The Bertz CT molecular complexity index is 1130. The van der Waals surface area contributed by atoms with Crippen LogP contribution in [0.1, 0.15) is 12.0 Å². The number of pyridine rings is 1. The molecular weight excluding hydrogens is 424 g/mol. The summed E-state index contributed by atoms with van der Waals surface area (Å²) in [5.41, 5.74) is 2.05. The molecule has 1 unspecified atom stereocenters. The van der Waals surface area contributed by atoms with Gasteiger partial charge in [0.1, 0.15) is 17.4 Å². The molecule has 32 heavy (non-hydrogen) atoms. The molecule has 0 aliphatic carbocycles. The molecule has 2 aromatic heterocycles. The molecule has 1 fully saturated rings. The van der Waals surface area contributed by atoms with E-state index in [2.05, 4.69) is 33.2 Å². The van der Waals surface area contributed by atoms with Gasteiger partial charge in [-0.05, 0) is 62.5 Å². The fourth-order valence-corrected chi connectivity index (χ4v) is 4.69. The second-order valence-corrected chi connectivity index (χ2v) is 9.11. The van der Waals surface area contributed by atoms with Gasteiger partial charge in [-0.15, -0.1) is 0 Å². The molecule has 0 bridgehead atoms. The van der Waals surface area contributed by atoms with Crippen LogP contribution >= 0.6 is 11.3 Å². The summed E-state index contributed by atoms with van der Waals surface area (Å²) in [6, 6.07) is 10.1. The number of aromatic nitrogens is 2. The molecule has 3 aromatic rings. The van der Waals surface area contributed by atoms with Crippen LogP contribution in [-0.2, 0) is 11.3 Å². The molecule has 4 rings (SSSR count). The van der Waals surface area contributed by atoms with Crippen LogP contribution in [0, 0.1) is 0 Å². The van der Waals surface area contributed by atoms with Gasteiger partial charge >= 0.3 is 0 Å². The summed E-state index contributed by atoms with van der Waals surface area (Å²) in [4.78, 5) is 25.3. The largest absolute Gasteiger partial charge is 0.497 e. The predicted molar refractivity (Wildman–Crippen MR) is 130 cm³/mol. The molecule has 1 aromatic carbocycles. The second-order valence-electron chi connectivity index (χ2n) is 8.08. The number of hydrogen-bond acceptors (Lipinski definition) is 8. The molecule has 8 nitrogen and oxygen atoms in total. The first-order chi connectivity index (χ1) is 15.4. The Labute approximate surface area is 191 Å². The van der Waals surface area contributed by atoms with Crippen LogP contribution in [0.4, 0.5) is 16.8 Å². The molecule has 1 saturated heterocycles. The molecule has 2 N–H and O–H groups in total. The van der Waals surface area contributed by atoms with Gasteiger partial charge in [0.15, 0.2) is 5.13 Å². The Morgan fingerprint density at radius 2 is 2.12 bits per heavy atom. The van der Waals surface area contributed by atoms with Crippen LogP contribution in [0.5, 0.6) is 5.75 Å². The number of benzene rings is 1. The first kappa shape index (κ1) is 22.0. The van der Waals surface area contributed by atoms with Gasteiger partial charge in [0.25, 0.3) is 0 Å². The molecule has 168 valence electrons. The Morgan fingerprint density at radius 3 is 2.88 bits per heavy atom. The molecule has 1 amide bonds. The van der Waals surface area contributed by atoms with Gasteiger partial charge in [0.2, 0.25) is 5.91 Å². The predicted octanol–water partition coefficient (Wildman–Crippen LogP) is 3.70. The van der Waals surface area contributed by atoms with E-state index in [-0.39, 0.29) is 11.9 Å². The molecule has 1 aliphatic rings. The Balaban J connectivity index is 1.55. The van der Waals surface area contributed by atoms with E-state index in [1.165, 1.54) is 6.08 Å². The number of anilines is 3. The quantitative estimate of drug-likeness (QED) is 0.504. The van der Waals surface area contributed by atoms with Crippen molar-refractivity contribution in [2.75, 3.05) is 44.9 Å². The van der Waals surface area contributed by atoms with E-state index in [1.807, 2.05) is 43.3 Å². The van der Waals surface area contributed by atoms with Crippen LogP contribution in [0.3, 0.4) is 0 Å². The topological polar surface area (TPSA) is 82.6 Å². The number of amides is 1. The zero-order valence-electron chi connectivity index (χ0n) is 18.6. The molecule has 0 saturated carbocycles. The second kappa shape index (κ2) is 9.54. The van der Waals surface area contributed by atoms with Crippen molar-refractivity contribution < 1.29 is 9.53 Å². The van der Waals surface area contributed by atoms with E-state index in [1.54, 1.807) is 18.4 Å². The van der Waals surface area contributed by atoms with Gasteiger partial charge in [-0.1, -0.05) is 17.9 Å². The Hall–Kier alpha value is -3.17. The van der Waals surface area contributed by atoms with Gasteiger partial charge in [-0.25, -0.2) is 9.97 Å². The Kier molecular flexibility index (Phi) is 6.57. The number of ether oxygens (including phenoxy) is 1. The maximum Gasteiger partial charge on any atom is 0.246 e. The monoisotopic (exact) mass is 452 g/mol. The first-order valence-electron chi connectivity index (χ1n) is 10.5. The summed E-state index contributed by atoms with van der Waals surface area (Å²) >= 11 is 1.56. The van der Waals surface area contributed by atoms with E-state index in [0.29, 0.717) is 6.54 Å². The Morgan fingerprint density at radius 1 is 1.31 bits per heavy atom. The lowest BCUT2D eigenvalue weighted by atomic mass is 10.2. The van der Waals surface area contributed by atoms with Crippen molar-refractivity contribution in [3.05, 3.63) is 48.6 Å². The number of nitrogens with one attached hydrogen (secondary N) is 2. The third-order valence-electron chi connectivity index (χ3n) is 5.24. The zero-order valence-corrected chi connectivity index (χ0v) is 19.4. The van der Waals surface area contributed by atoms with E-state index in [9.17, 15) is 4.79 Å². The lowest BCUT2D eigenvalue weighted by Gasteiger charge is -2.18. The van der Waals surface area contributed by atoms with Crippen LogP contribution in [-0.4, -0.2) is 66.0 Å². The number of nitrogens with zero attached hydrogens (tertiary/aromatic N) is 4. The SMILES string of the molecule is C=CC(=O)N1CCC(Nc2cc(CN(C)C)cc(Nc3nc4ccc(OC)cc4s3)n2)C1. The minimum atomic E-state index is -0.0292. The van der Waals surface area contributed by atoms with Gasteiger partial charge in [-0.2, -0.15) is 0 Å². The average Bonchev–Trinajstić information content (AvgIpc) is 3.38. The summed E-state index contributed by atoms with van der Waals surface area (Å²) in [5.74, 6) is 2.30. The average molecular weight is 453 g/mol. The molecule has 1 atom stereocenters. The number of likely N-dealkylation sites (tertiary alicyclic amines) is 1. The fourth-order valence-electron chi connectivity index (χ4n) is 3.79. The van der Waals surface area contributed by atoms with Crippen molar-refractivity contribution in [1.29, 1.82) is 0 Å². The lowest BCUT2D eigenvalue weighted by Crippen LogP contribution is -2.30. The summed E-state index contributed by atoms with van der Waals surface area (Å²) in [6.07, 6.45) is 2.25. The van der Waals surface area contributed by atoms with Crippen LogP contribution in [0.15, 0.2) is 43.0 Å². The van der Waals surface area contributed by atoms with Crippen LogP contribution < -0.4 is 15.4 Å². The van der Waals surface area contributed by atoms with Crippen molar-refractivity contribution >= 4 is 44.2 Å². The van der Waals surface area contributed by atoms with Crippen molar-refractivity contribution in [3.63, 3.8) is 0 Å². The highest BCUT2D eigenvalue weighted by Crippen LogP contribution is 2.31. The first-order valence-corrected chi connectivity index (χ1v) is 11.3.